The Bertz CT molecular complexity index is 1560. The Labute approximate surface area is 269 Å². The number of fused-ring (bicyclic) bond motifs is 1. The van der Waals surface area contributed by atoms with Crippen molar-refractivity contribution in [3.63, 3.8) is 0 Å². The molecule has 242 valence electrons. The Balaban J connectivity index is 1.24. The molecule has 1 aliphatic carbocycles. The maximum Gasteiger partial charge on any atom is 0.513 e. The number of amides is 2. The van der Waals surface area contributed by atoms with E-state index in [0.29, 0.717) is 43.3 Å². The zero-order valence-electron chi connectivity index (χ0n) is 26.4. The number of nitrogens with zero attached hydrogens (tertiary/aromatic N) is 2. The smallest absolute Gasteiger partial charge is 0.482 e. The molecule has 10 heteroatoms. The average molecular weight is 628 g/mol. The molecular weight excluding hydrogens is 586 g/mol. The van der Waals surface area contributed by atoms with Crippen molar-refractivity contribution in [2.24, 2.45) is 5.92 Å². The summed E-state index contributed by atoms with van der Waals surface area (Å²) < 4.78 is 21.0. The van der Waals surface area contributed by atoms with Crippen molar-refractivity contribution in [2.75, 3.05) is 56.4 Å². The van der Waals surface area contributed by atoms with Gasteiger partial charge in [-0.2, -0.15) is 0 Å². The lowest BCUT2D eigenvalue weighted by atomic mass is 9.79. The van der Waals surface area contributed by atoms with Gasteiger partial charge < -0.3 is 34.1 Å². The molecule has 2 fully saturated rings. The lowest BCUT2D eigenvalue weighted by molar-refractivity contribution is -0.123. The highest BCUT2D eigenvalue weighted by Crippen LogP contribution is 2.42. The largest absolute Gasteiger partial charge is 0.513 e. The summed E-state index contributed by atoms with van der Waals surface area (Å²) >= 11 is 0. The van der Waals surface area contributed by atoms with E-state index >= 15 is 0 Å². The maximum atomic E-state index is 14.5. The first-order chi connectivity index (χ1) is 22.5. The fourth-order valence-electron chi connectivity index (χ4n) is 6.41. The molecule has 2 atom stereocenters. The third-order valence-electron chi connectivity index (χ3n) is 8.81. The second-order valence-electron chi connectivity index (χ2n) is 11.9. The van der Waals surface area contributed by atoms with E-state index in [1.165, 1.54) is 0 Å². The van der Waals surface area contributed by atoms with E-state index in [1.54, 1.807) is 31.1 Å². The molecule has 0 spiro atoms. The second kappa shape index (κ2) is 14.3. The van der Waals surface area contributed by atoms with Gasteiger partial charge in [0.05, 0.1) is 18.2 Å². The monoisotopic (exact) mass is 627 g/mol. The molecule has 10 nitrogen and oxygen atoms in total. The number of carbonyl (C=O) groups is 3. The minimum atomic E-state index is -0.726. The fraction of sp³-hybridized carbons (Fsp3) is 0.417. The first kappa shape index (κ1) is 31.6. The predicted molar refractivity (Wildman–Crippen MR) is 175 cm³/mol. The van der Waals surface area contributed by atoms with Gasteiger partial charge in [0.2, 0.25) is 5.91 Å². The van der Waals surface area contributed by atoms with Crippen LogP contribution < -0.4 is 24.6 Å². The molecule has 1 saturated carbocycles. The van der Waals surface area contributed by atoms with Crippen molar-refractivity contribution in [2.45, 2.75) is 44.6 Å². The molecule has 0 bridgehead atoms. The van der Waals surface area contributed by atoms with Crippen molar-refractivity contribution < 1.29 is 33.3 Å². The van der Waals surface area contributed by atoms with Gasteiger partial charge in [-0.05, 0) is 92.1 Å². The molecule has 2 amide bonds. The zero-order valence-corrected chi connectivity index (χ0v) is 26.4. The number of hydrogen-bond donors (Lipinski definition) is 1. The molecule has 6 rings (SSSR count). The van der Waals surface area contributed by atoms with Crippen LogP contribution in [0.4, 0.5) is 16.2 Å². The summed E-state index contributed by atoms with van der Waals surface area (Å²) in [5.74, 6) is 0.852. The molecule has 1 N–H and O–H groups in total. The second-order valence-corrected chi connectivity index (χ2v) is 11.9. The van der Waals surface area contributed by atoms with Crippen LogP contribution in [0.3, 0.4) is 0 Å². The standard InChI is InChI=1S/C36H41N3O7/c1-3-44-36(42)46-29-13-8-24(9-14-29)25-6-4-7-26(20-25)30-16-17-37-22-31(30)35(41)39(27-10-11-27)28-12-15-33-32(21-28)38(18-5-19-43-2)34(40)23-45-33/h4,6-9,12-15,20-21,27,30-31,37H,3,5,10-11,16-19,22-23H2,1-2H3/t30-,31+/m1/s1. The van der Waals surface area contributed by atoms with Crippen LogP contribution in [0.1, 0.15) is 44.1 Å². The van der Waals surface area contributed by atoms with Gasteiger partial charge >= 0.3 is 6.16 Å². The molecule has 46 heavy (non-hydrogen) atoms. The third kappa shape index (κ3) is 7.03. The Kier molecular flexibility index (Phi) is 9.85. The molecule has 0 aromatic heterocycles. The van der Waals surface area contributed by atoms with Crippen LogP contribution in [-0.4, -0.2) is 70.6 Å². The number of anilines is 2. The molecule has 0 radical (unpaired) electrons. The highest BCUT2D eigenvalue weighted by atomic mass is 16.7. The molecule has 3 aliphatic rings. The maximum absolute atomic E-state index is 14.5. The normalized spacial score (nSPS) is 19.2. The fourth-order valence-corrected chi connectivity index (χ4v) is 6.41. The molecular formula is C36H41N3O7. The summed E-state index contributed by atoms with van der Waals surface area (Å²) in [4.78, 5) is 42.7. The summed E-state index contributed by atoms with van der Waals surface area (Å²) in [6.45, 7) is 4.48. The van der Waals surface area contributed by atoms with E-state index in [-0.39, 0.29) is 42.9 Å². The average Bonchev–Trinajstić information content (AvgIpc) is 3.92. The lowest BCUT2D eigenvalue weighted by Crippen LogP contribution is -2.47. The van der Waals surface area contributed by atoms with E-state index in [1.807, 2.05) is 47.4 Å². The Hall–Kier alpha value is -4.41. The number of benzene rings is 3. The molecule has 1 saturated heterocycles. The zero-order chi connectivity index (χ0) is 32.0. The SMILES string of the molecule is CCOC(=O)Oc1ccc(-c2cccc([C@H]3CCNC[C@@H]3C(=O)N(c3ccc4c(c3)N(CCCOC)C(=O)CO4)C3CC3)c2)cc1. The van der Waals surface area contributed by atoms with Crippen molar-refractivity contribution in [3.05, 3.63) is 72.3 Å². The van der Waals surface area contributed by atoms with Crippen molar-refractivity contribution >= 4 is 29.3 Å². The van der Waals surface area contributed by atoms with Gasteiger partial charge in [-0.25, -0.2) is 4.79 Å². The van der Waals surface area contributed by atoms with Crippen molar-refractivity contribution in [1.82, 2.24) is 5.32 Å². The topological polar surface area (TPSA) is 107 Å². The number of ether oxygens (including phenoxy) is 4. The van der Waals surface area contributed by atoms with Crippen LogP contribution in [0.15, 0.2) is 66.7 Å². The van der Waals surface area contributed by atoms with E-state index in [0.717, 1.165) is 48.2 Å². The summed E-state index contributed by atoms with van der Waals surface area (Å²) in [5, 5.41) is 3.47. The Morgan fingerprint density at radius 1 is 1.02 bits per heavy atom. The van der Waals surface area contributed by atoms with E-state index < -0.39 is 6.16 Å². The third-order valence-corrected chi connectivity index (χ3v) is 8.81. The number of rotatable bonds is 11. The number of piperidine rings is 1. The number of hydrogen-bond acceptors (Lipinski definition) is 8. The minimum Gasteiger partial charge on any atom is -0.482 e. The van der Waals surface area contributed by atoms with Crippen LogP contribution in [0.5, 0.6) is 11.5 Å². The van der Waals surface area contributed by atoms with Gasteiger partial charge in [-0.15, -0.1) is 0 Å². The van der Waals surface area contributed by atoms with Crippen LogP contribution in [0.25, 0.3) is 11.1 Å². The van der Waals surface area contributed by atoms with Gasteiger partial charge in [-0.3, -0.25) is 9.59 Å². The summed E-state index contributed by atoms with van der Waals surface area (Å²) in [7, 11) is 1.65. The Morgan fingerprint density at radius 3 is 2.61 bits per heavy atom. The van der Waals surface area contributed by atoms with Gasteiger partial charge in [0.15, 0.2) is 6.61 Å². The highest BCUT2D eigenvalue weighted by Gasteiger charge is 2.41. The quantitative estimate of drug-likeness (QED) is 0.168. The van der Waals surface area contributed by atoms with Gasteiger partial charge in [0.1, 0.15) is 11.5 Å². The summed E-state index contributed by atoms with van der Waals surface area (Å²) in [6.07, 6.45) is 2.72. The predicted octanol–water partition coefficient (Wildman–Crippen LogP) is 5.54. The number of nitrogens with one attached hydrogen (secondary N) is 1. The molecule has 2 aliphatic heterocycles. The van der Waals surface area contributed by atoms with Gasteiger partial charge in [0, 0.05) is 38.5 Å². The summed E-state index contributed by atoms with van der Waals surface area (Å²) in [5.41, 5.74) is 4.62. The minimum absolute atomic E-state index is 0.00456. The van der Waals surface area contributed by atoms with Crippen molar-refractivity contribution in [3.8, 4) is 22.6 Å². The molecule has 2 heterocycles. The first-order valence-corrected chi connectivity index (χ1v) is 16.1. The molecule has 0 unspecified atom stereocenters. The van der Waals surface area contributed by atoms with Gasteiger partial charge in [-0.1, -0.05) is 36.4 Å². The molecule has 3 aromatic rings. The van der Waals surface area contributed by atoms with Crippen LogP contribution >= 0.6 is 0 Å². The summed E-state index contributed by atoms with van der Waals surface area (Å²) in [6, 6.07) is 21.6. The van der Waals surface area contributed by atoms with Gasteiger partial charge in [0.25, 0.3) is 5.91 Å². The van der Waals surface area contributed by atoms with E-state index in [2.05, 4.69) is 17.4 Å². The van der Waals surface area contributed by atoms with E-state index in [9.17, 15) is 14.4 Å². The van der Waals surface area contributed by atoms with Crippen LogP contribution in [-0.2, 0) is 19.1 Å². The Morgan fingerprint density at radius 2 is 1.85 bits per heavy atom. The molecule has 3 aromatic carbocycles. The number of carbonyl (C=O) groups excluding carboxylic acids is 3. The first-order valence-electron chi connectivity index (χ1n) is 16.1. The van der Waals surface area contributed by atoms with Crippen molar-refractivity contribution in [1.29, 1.82) is 0 Å². The van der Waals surface area contributed by atoms with Crippen LogP contribution in [0.2, 0.25) is 0 Å². The number of methoxy groups -OCH3 is 1. The lowest BCUT2D eigenvalue weighted by Gasteiger charge is -2.36. The highest BCUT2D eigenvalue weighted by molar-refractivity contribution is 6.01. The van der Waals surface area contributed by atoms with Crippen LogP contribution in [0, 0.1) is 5.92 Å². The van der Waals surface area contributed by atoms with E-state index in [4.69, 9.17) is 18.9 Å².